The highest BCUT2D eigenvalue weighted by Gasteiger charge is 2.26. The minimum Gasteiger partial charge on any atom is -0.378 e. The molecule has 1 fully saturated rings. The summed E-state index contributed by atoms with van der Waals surface area (Å²) in [4.78, 5) is 14.8. The van der Waals surface area contributed by atoms with Crippen molar-refractivity contribution in [3.05, 3.63) is 36.3 Å². The van der Waals surface area contributed by atoms with Gasteiger partial charge in [0.15, 0.2) is 0 Å². The van der Waals surface area contributed by atoms with Gasteiger partial charge in [0.25, 0.3) is 0 Å². The van der Waals surface area contributed by atoms with Crippen molar-refractivity contribution in [1.82, 2.24) is 20.3 Å². The van der Waals surface area contributed by atoms with E-state index in [-0.39, 0.29) is 0 Å². The molecule has 21 heavy (non-hydrogen) atoms. The van der Waals surface area contributed by atoms with E-state index in [4.69, 9.17) is 5.73 Å². The van der Waals surface area contributed by atoms with Gasteiger partial charge in [-0.1, -0.05) is 0 Å². The summed E-state index contributed by atoms with van der Waals surface area (Å²) in [6.45, 7) is 2.49. The molecule has 3 rings (SSSR count). The molecule has 2 aromatic heterocycles. The van der Waals surface area contributed by atoms with Crippen molar-refractivity contribution < 1.29 is 0 Å². The molecule has 1 saturated heterocycles. The van der Waals surface area contributed by atoms with E-state index >= 15 is 0 Å². The minimum absolute atomic E-state index is 0.309. The van der Waals surface area contributed by atoms with Crippen molar-refractivity contribution >= 4 is 17.5 Å². The Hall–Kier alpha value is -2.41. The lowest BCUT2D eigenvalue weighted by Crippen LogP contribution is -2.57. The number of hydrogen-bond acceptors (Lipinski definition) is 7. The average molecular weight is 285 g/mol. The summed E-state index contributed by atoms with van der Waals surface area (Å²) in [6.07, 6.45) is 3.52. The Morgan fingerprint density at radius 3 is 2.95 bits per heavy atom. The van der Waals surface area contributed by atoms with E-state index in [1.54, 1.807) is 12.4 Å². The Bertz CT molecular complexity index is 596. The zero-order valence-corrected chi connectivity index (χ0v) is 12.0. The fourth-order valence-corrected chi connectivity index (χ4v) is 2.26. The van der Waals surface area contributed by atoms with Crippen LogP contribution in [-0.4, -0.2) is 41.1 Å². The highest BCUT2D eigenvalue weighted by Crippen LogP contribution is 2.20. The summed E-state index contributed by atoms with van der Waals surface area (Å²) in [5.74, 6) is 1.19. The van der Waals surface area contributed by atoms with Crippen molar-refractivity contribution in [2.24, 2.45) is 0 Å². The van der Waals surface area contributed by atoms with E-state index in [0.29, 0.717) is 18.5 Å². The maximum atomic E-state index is 5.81. The maximum absolute atomic E-state index is 5.81. The first-order chi connectivity index (χ1) is 10.2. The molecule has 0 unspecified atom stereocenters. The SMILES string of the molecule is CNC1CN(c2cc(CNc3cccnc3)nc(N)n2)C1. The van der Waals surface area contributed by atoms with Gasteiger partial charge in [-0.15, -0.1) is 0 Å². The molecule has 0 aromatic carbocycles. The van der Waals surface area contributed by atoms with E-state index in [9.17, 15) is 0 Å². The molecule has 0 saturated carbocycles. The zero-order valence-electron chi connectivity index (χ0n) is 12.0. The Balaban J connectivity index is 1.67. The summed E-state index contributed by atoms with van der Waals surface area (Å²) in [5, 5.41) is 6.51. The minimum atomic E-state index is 0.309. The standard InChI is InChI=1S/C14H19N7/c1-16-12-8-21(9-12)13-5-11(19-14(15)20-13)7-18-10-3-2-4-17-6-10/h2-6,12,16,18H,7-9H2,1H3,(H2,15,19,20). The van der Waals surface area contributed by atoms with Gasteiger partial charge in [-0.2, -0.15) is 4.98 Å². The second-order valence-corrected chi connectivity index (χ2v) is 5.06. The Labute approximate surface area is 123 Å². The molecule has 0 spiro atoms. The third-order valence-corrected chi connectivity index (χ3v) is 3.53. The smallest absolute Gasteiger partial charge is 0.222 e. The average Bonchev–Trinajstić information content (AvgIpc) is 2.45. The predicted molar refractivity (Wildman–Crippen MR) is 83.1 cm³/mol. The van der Waals surface area contributed by atoms with Gasteiger partial charge in [0.05, 0.1) is 17.9 Å². The number of anilines is 3. The third-order valence-electron chi connectivity index (χ3n) is 3.53. The fourth-order valence-electron chi connectivity index (χ4n) is 2.26. The maximum Gasteiger partial charge on any atom is 0.222 e. The van der Waals surface area contributed by atoms with Gasteiger partial charge >= 0.3 is 0 Å². The molecule has 0 aliphatic carbocycles. The number of rotatable bonds is 5. The second-order valence-electron chi connectivity index (χ2n) is 5.06. The second kappa shape index (κ2) is 5.92. The van der Waals surface area contributed by atoms with Crippen molar-refractivity contribution in [2.75, 3.05) is 36.1 Å². The Kier molecular flexibility index (Phi) is 3.83. The number of nitrogens with zero attached hydrogens (tertiary/aromatic N) is 4. The number of likely N-dealkylation sites (N-methyl/N-ethyl adjacent to an activating group) is 1. The van der Waals surface area contributed by atoms with Crippen molar-refractivity contribution in [3.63, 3.8) is 0 Å². The first-order valence-electron chi connectivity index (χ1n) is 6.94. The first-order valence-corrected chi connectivity index (χ1v) is 6.94. The van der Waals surface area contributed by atoms with Crippen LogP contribution in [0.15, 0.2) is 30.6 Å². The topological polar surface area (TPSA) is 92.0 Å². The molecule has 0 amide bonds. The Morgan fingerprint density at radius 1 is 1.38 bits per heavy atom. The third kappa shape index (κ3) is 3.19. The van der Waals surface area contributed by atoms with Crippen LogP contribution in [0.3, 0.4) is 0 Å². The quantitative estimate of drug-likeness (QED) is 0.735. The number of pyridine rings is 1. The van der Waals surface area contributed by atoms with Crippen LogP contribution in [0.25, 0.3) is 0 Å². The van der Waals surface area contributed by atoms with E-state index in [0.717, 1.165) is 30.3 Å². The highest BCUT2D eigenvalue weighted by molar-refractivity contribution is 5.48. The summed E-state index contributed by atoms with van der Waals surface area (Å²) in [7, 11) is 1.97. The number of nitrogen functional groups attached to an aromatic ring is 1. The molecule has 1 aliphatic heterocycles. The number of nitrogens with two attached hydrogens (primary N) is 1. The van der Waals surface area contributed by atoms with Crippen molar-refractivity contribution in [3.8, 4) is 0 Å². The molecule has 3 heterocycles. The van der Waals surface area contributed by atoms with Gasteiger partial charge in [-0.05, 0) is 19.2 Å². The summed E-state index contributed by atoms with van der Waals surface area (Å²) in [6, 6.07) is 6.36. The van der Waals surface area contributed by atoms with Gasteiger partial charge < -0.3 is 21.3 Å². The van der Waals surface area contributed by atoms with Crippen LogP contribution in [-0.2, 0) is 6.54 Å². The molecule has 7 heteroatoms. The van der Waals surface area contributed by atoms with Crippen LogP contribution < -0.4 is 21.3 Å². The molecule has 4 N–H and O–H groups in total. The van der Waals surface area contributed by atoms with E-state index in [2.05, 4.69) is 30.5 Å². The molecule has 7 nitrogen and oxygen atoms in total. The van der Waals surface area contributed by atoms with Gasteiger partial charge in [-0.25, -0.2) is 4.98 Å². The van der Waals surface area contributed by atoms with E-state index in [1.807, 2.05) is 25.2 Å². The molecule has 0 atom stereocenters. The van der Waals surface area contributed by atoms with Crippen LogP contribution >= 0.6 is 0 Å². The lowest BCUT2D eigenvalue weighted by molar-refractivity contribution is 0.447. The lowest BCUT2D eigenvalue weighted by Gasteiger charge is -2.40. The fraction of sp³-hybridized carbons (Fsp3) is 0.357. The molecule has 2 aromatic rings. The monoisotopic (exact) mass is 285 g/mol. The molecular weight excluding hydrogens is 266 g/mol. The molecule has 110 valence electrons. The Morgan fingerprint density at radius 2 is 2.24 bits per heavy atom. The van der Waals surface area contributed by atoms with Crippen LogP contribution in [0.4, 0.5) is 17.5 Å². The summed E-state index contributed by atoms with van der Waals surface area (Å²) < 4.78 is 0. The summed E-state index contributed by atoms with van der Waals surface area (Å²) in [5.41, 5.74) is 7.63. The van der Waals surface area contributed by atoms with Crippen LogP contribution in [0.2, 0.25) is 0 Å². The van der Waals surface area contributed by atoms with Crippen LogP contribution in [0.5, 0.6) is 0 Å². The number of hydrogen-bond donors (Lipinski definition) is 3. The summed E-state index contributed by atoms with van der Waals surface area (Å²) >= 11 is 0. The van der Waals surface area contributed by atoms with Gasteiger partial charge in [0.2, 0.25) is 5.95 Å². The van der Waals surface area contributed by atoms with Gasteiger partial charge in [0, 0.05) is 37.6 Å². The highest BCUT2D eigenvalue weighted by atomic mass is 15.3. The van der Waals surface area contributed by atoms with Gasteiger partial charge in [-0.3, -0.25) is 4.98 Å². The van der Waals surface area contributed by atoms with Crippen LogP contribution in [0.1, 0.15) is 5.69 Å². The van der Waals surface area contributed by atoms with Crippen molar-refractivity contribution in [1.29, 1.82) is 0 Å². The molecular formula is C14H19N7. The van der Waals surface area contributed by atoms with Crippen LogP contribution in [0, 0.1) is 0 Å². The zero-order chi connectivity index (χ0) is 14.7. The number of aromatic nitrogens is 3. The normalized spacial score (nSPS) is 14.8. The first kappa shape index (κ1) is 13.6. The molecule has 1 aliphatic rings. The van der Waals surface area contributed by atoms with E-state index in [1.165, 1.54) is 0 Å². The molecule has 0 bridgehead atoms. The van der Waals surface area contributed by atoms with Gasteiger partial charge in [0.1, 0.15) is 5.82 Å². The lowest BCUT2D eigenvalue weighted by atomic mass is 10.1. The largest absolute Gasteiger partial charge is 0.378 e. The van der Waals surface area contributed by atoms with E-state index < -0.39 is 0 Å². The number of nitrogens with one attached hydrogen (secondary N) is 2. The van der Waals surface area contributed by atoms with Crippen molar-refractivity contribution in [2.45, 2.75) is 12.6 Å². The predicted octanol–water partition coefficient (Wildman–Crippen LogP) is 0.474. The molecule has 0 radical (unpaired) electrons.